The van der Waals surface area contributed by atoms with Crippen LogP contribution in [0.1, 0.15) is 44.1 Å². The van der Waals surface area contributed by atoms with Crippen LogP contribution in [0.5, 0.6) is 5.75 Å². The molecule has 1 aliphatic heterocycles. The summed E-state index contributed by atoms with van der Waals surface area (Å²) in [5.41, 5.74) is 1.19. The van der Waals surface area contributed by atoms with E-state index in [1.54, 1.807) is 0 Å². The summed E-state index contributed by atoms with van der Waals surface area (Å²) in [4.78, 5) is 23.1. The Morgan fingerprint density at radius 1 is 0.812 bits per heavy atom. The molecule has 5 aliphatic rings. The van der Waals surface area contributed by atoms with Crippen LogP contribution in [0.2, 0.25) is 0 Å². The third-order valence-electron chi connectivity index (χ3n) is 7.17. The van der Waals surface area contributed by atoms with E-state index in [2.05, 4.69) is 34.7 Å². The van der Waals surface area contributed by atoms with Gasteiger partial charge in [-0.05, 0) is 96.4 Å². The molecule has 6 heteroatoms. The molecule has 32 heavy (non-hydrogen) atoms. The Bertz CT molecular complexity index is 925. The van der Waals surface area contributed by atoms with Crippen LogP contribution >= 0.6 is 22.6 Å². The van der Waals surface area contributed by atoms with Gasteiger partial charge in [-0.15, -0.1) is 0 Å². The van der Waals surface area contributed by atoms with Gasteiger partial charge in [-0.25, -0.2) is 0 Å². The van der Waals surface area contributed by atoms with Crippen LogP contribution in [0.3, 0.4) is 0 Å². The van der Waals surface area contributed by atoms with Gasteiger partial charge in [0, 0.05) is 15.4 Å². The van der Waals surface area contributed by atoms with Crippen molar-refractivity contribution >= 4 is 34.5 Å². The summed E-state index contributed by atoms with van der Waals surface area (Å²) in [5.74, 6) is 1.30. The zero-order chi connectivity index (χ0) is 22.1. The standard InChI is InChI=1S/C13H11IO.C13H16O4/c14-12-6-8-13(9-7-12)15-10-11-4-2-1-3-5-11;14-11-6-12(15)17-13(16-11)9-2-7-1-8(4-9)5-10(13)3-7/h1-9H,10H2;7-10H,1-6H2. The van der Waals surface area contributed by atoms with Gasteiger partial charge in [0.15, 0.2) is 0 Å². The zero-order valence-electron chi connectivity index (χ0n) is 17.9. The monoisotopic (exact) mass is 546 g/mol. The normalized spacial score (nSPS) is 29.0. The first-order chi connectivity index (χ1) is 15.5. The number of ether oxygens (including phenoxy) is 3. The minimum absolute atomic E-state index is 0.214. The summed E-state index contributed by atoms with van der Waals surface area (Å²) in [5, 5.41) is 0. The fraction of sp³-hybridized carbons (Fsp3) is 0.462. The maximum Gasteiger partial charge on any atom is 0.320 e. The largest absolute Gasteiger partial charge is 0.489 e. The van der Waals surface area contributed by atoms with Gasteiger partial charge in [0.25, 0.3) is 5.79 Å². The molecule has 0 N–H and O–H groups in total. The first-order valence-electron chi connectivity index (χ1n) is 11.4. The van der Waals surface area contributed by atoms with Gasteiger partial charge in [0.05, 0.1) is 0 Å². The van der Waals surface area contributed by atoms with Crippen LogP contribution < -0.4 is 4.74 Å². The molecule has 168 valence electrons. The lowest BCUT2D eigenvalue weighted by Gasteiger charge is -2.59. The molecular formula is C26H27IO5. The van der Waals surface area contributed by atoms with E-state index in [1.165, 1.54) is 15.6 Å². The SMILES string of the molecule is Ic1ccc(OCc2ccccc2)cc1.O=C1CC(=O)OC2(O1)C1CC3CC(C1)CC2C3. The van der Waals surface area contributed by atoms with Crippen LogP contribution in [0, 0.1) is 27.2 Å². The molecule has 4 saturated carbocycles. The average Bonchev–Trinajstić information content (AvgIpc) is 2.77. The summed E-state index contributed by atoms with van der Waals surface area (Å²) in [6.45, 7) is 0.626. The van der Waals surface area contributed by atoms with Crippen LogP contribution in [-0.2, 0) is 25.7 Å². The van der Waals surface area contributed by atoms with Crippen molar-refractivity contribution in [2.45, 2.75) is 50.9 Å². The number of esters is 2. The molecule has 2 aromatic rings. The Morgan fingerprint density at radius 3 is 1.94 bits per heavy atom. The first kappa shape index (κ1) is 21.7. The number of hydrogen-bond donors (Lipinski definition) is 0. The molecule has 0 aromatic heterocycles. The summed E-state index contributed by atoms with van der Waals surface area (Å²) in [6, 6.07) is 18.2. The predicted octanol–water partition coefficient (Wildman–Crippen LogP) is 5.50. The van der Waals surface area contributed by atoms with Crippen molar-refractivity contribution in [3.63, 3.8) is 0 Å². The first-order valence-corrected chi connectivity index (χ1v) is 12.4. The van der Waals surface area contributed by atoms with E-state index in [0.717, 1.165) is 43.3 Å². The van der Waals surface area contributed by atoms with Gasteiger partial charge in [0.1, 0.15) is 18.8 Å². The molecule has 0 radical (unpaired) electrons. The smallest absolute Gasteiger partial charge is 0.320 e. The fourth-order valence-corrected chi connectivity index (χ4v) is 6.37. The Hall–Kier alpha value is -2.09. The van der Waals surface area contributed by atoms with Gasteiger partial charge in [-0.1, -0.05) is 30.3 Å². The number of halogens is 1. The van der Waals surface area contributed by atoms with Crippen molar-refractivity contribution in [3.05, 3.63) is 63.7 Å². The molecule has 4 aliphatic carbocycles. The highest BCUT2D eigenvalue weighted by molar-refractivity contribution is 14.1. The van der Waals surface area contributed by atoms with E-state index >= 15 is 0 Å². The van der Waals surface area contributed by atoms with Crippen molar-refractivity contribution in [3.8, 4) is 5.75 Å². The van der Waals surface area contributed by atoms with Crippen LogP contribution in [0.4, 0.5) is 0 Å². The lowest BCUT2D eigenvalue weighted by molar-refractivity contribution is -0.319. The van der Waals surface area contributed by atoms with E-state index < -0.39 is 17.7 Å². The second-order valence-corrected chi connectivity index (χ2v) is 10.6. The van der Waals surface area contributed by atoms with Gasteiger partial charge >= 0.3 is 11.9 Å². The lowest BCUT2D eigenvalue weighted by Crippen LogP contribution is -2.63. The summed E-state index contributed by atoms with van der Waals surface area (Å²) < 4.78 is 17.9. The Kier molecular flexibility index (Phi) is 6.14. The maximum atomic E-state index is 11.5. The van der Waals surface area contributed by atoms with Crippen molar-refractivity contribution in [2.24, 2.45) is 23.7 Å². The molecule has 0 amide bonds. The molecule has 1 spiro atoms. The quantitative estimate of drug-likeness (QED) is 0.289. The average molecular weight is 546 g/mol. The van der Waals surface area contributed by atoms with E-state index in [0.29, 0.717) is 6.61 Å². The summed E-state index contributed by atoms with van der Waals surface area (Å²) in [6.07, 6.45) is 5.36. The van der Waals surface area contributed by atoms with Gasteiger partial charge < -0.3 is 14.2 Å². The molecular weight excluding hydrogens is 519 g/mol. The van der Waals surface area contributed by atoms with Crippen molar-refractivity contribution < 1.29 is 23.8 Å². The van der Waals surface area contributed by atoms with E-state index in [9.17, 15) is 9.59 Å². The maximum absolute atomic E-state index is 11.5. The molecule has 2 aromatic carbocycles. The number of hydrogen-bond acceptors (Lipinski definition) is 5. The van der Waals surface area contributed by atoms with E-state index in [-0.39, 0.29) is 18.3 Å². The third kappa shape index (κ3) is 4.51. The highest BCUT2D eigenvalue weighted by Gasteiger charge is 2.63. The van der Waals surface area contributed by atoms with Crippen LogP contribution in [0.25, 0.3) is 0 Å². The Morgan fingerprint density at radius 2 is 1.38 bits per heavy atom. The lowest BCUT2D eigenvalue weighted by atomic mass is 9.53. The molecule has 1 heterocycles. The topological polar surface area (TPSA) is 61.8 Å². The molecule has 0 atom stereocenters. The minimum Gasteiger partial charge on any atom is -0.489 e. The zero-order valence-corrected chi connectivity index (χ0v) is 20.0. The molecule has 4 bridgehead atoms. The Balaban J connectivity index is 0.000000136. The Labute approximate surface area is 202 Å². The van der Waals surface area contributed by atoms with Crippen LogP contribution in [-0.4, -0.2) is 17.7 Å². The van der Waals surface area contributed by atoms with E-state index in [4.69, 9.17) is 14.2 Å². The number of carbonyl (C=O) groups excluding carboxylic acids is 2. The molecule has 7 rings (SSSR count). The molecule has 5 nitrogen and oxygen atoms in total. The van der Waals surface area contributed by atoms with Crippen molar-refractivity contribution in [2.75, 3.05) is 0 Å². The fourth-order valence-electron chi connectivity index (χ4n) is 6.01. The summed E-state index contributed by atoms with van der Waals surface area (Å²) >= 11 is 2.28. The van der Waals surface area contributed by atoms with Gasteiger partial charge in [-0.3, -0.25) is 9.59 Å². The third-order valence-corrected chi connectivity index (χ3v) is 7.89. The number of carbonyl (C=O) groups is 2. The minimum atomic E-state index is -0.875. The molecule has 0 unspecified atom stereocenters. The van der Waals surface area contributed by atoms with Crippen molar-refractivity contribution in [1.29, 1.82) is 0 Å². The number of benzene rings is 2. The van der Waals surface area contributed by atoms with E-state index in [1.807, 2.05) is 42.5 Å². The predicted molar refractivity (Wildman–Crippen MR) is 127 cm³/mol. The highest BCUT2D eigenvalue weighted by atomic mass is 127. The molecule has 1 saturated heterocycles. The van der Waals surface area contributed by atoms with Gasteiger partial charge in [0.2, 0.25) is 0 Å². The summed E-state index contributed by atoms with van der Waals surface area (Å²) in [7, 11) is 0. The van der Waals surface area contributed by atoms with Crippen LogP contribution in [0.15, 0.2) is 54.6 Å². The second kappa shape index (κ2) is 9.04. The highest BCUT2D eigenvalue weighted by Crippen LogP contribution is 2.60. The number of rotatable bonds is 3. The van der Waals surface area contributed by atoms with Gasteiger partial charge in [-0.2, -0.15) is 0 Å². The van der Waals surface area contributed by atoms with Crippen molar-refractivity contribution in [1.82, 2.24) is 0 Å². The second-order valence-electron chi connectivity index (χ2n) is 9.38. The molecule has 5 fully saturated rings.